The number of ketones is 1. The lowest BCUT2D eigenvalue weighted by atomic mass is 9.78. The summed E-state index contributed by atoms with van der Waals surface area (Å²) in [4.78, 5) is 25.2. The van der Waals surface area contributed by atoms with Crippen molar-refractivity contribution in [3.05, 3.63) is 81.7 Å². The van der Waals surface area contributed by atoms with Crippen LogP contribution in [0.15, 0.2) is 36.4 Å². The van der Waals surface area contributed by atoms with Crippen molar-refractivity contribution in [2.24, 2.45) is 0 Å². The van der Waals surface area contributed by atoms with Crippen LogP contribution in [0.1, 0.15) is 28.8 Å². The van der Waals surface area contributed by atoms with E-state index in [2.05, 4.69) is 5.32 Å². The highest BCUT2D eigenvalue weighted by Gasteiger charge is 2.44. The second-order valence-electron chi connectivity index (χ2n) is 6.09. The molecule has 1 aliphatic rings. The highest BCUT2D eigenvalue weighted by Crippen LogP contribution is 2.36. The lowest BCUT2D eigenvalue weighted by Crippen LogP contribution is -2.52. The first-order chi connectivity index (χ1) is 13.2. The number of allylic oxidation sites excluding steroid dienone is 1. The van der Waals surface area contributed by atoms with Gasteiger partial charge in [0.2, 0.25) is 5.82 Å². The molecule has 1 atom stereocenters. The average Bonchev–Trinajstić information content (AvgIpc) is 2.67. The first kappa shape index (κ1) is 20.0. The molecule has 9 heteroatoms. The number of halogens is 6. The van der Waals surface area contributed by atoms with E-state index in [1.54, 1.807) is 6.07 Å². The second kappa shape index (κ2) is 7.35. The Hall–Kier alpha value is -2.74. The van der Waals surface area contributed by atoms with Crippen molar-refractivity contribution in [3.63, 3.8) is 0 Å². The van der Waals surface area contributed by atoms with Crippen LogP contribution in [0.25, 0.3) is 0 Å². The van der Waals surface area contributed by atoms with Gasteiger partial charge in [0.1, 0.15) is 11.1 Å². The van der Waals surface area contributed by atoms with Gasteiger partial charge in [0.25, 0.3) is 5.91 Å². The molecule has 1 unspecified atom stereocenters. The van der Waals surface area contributed by atoms with Gasteiger partial charge in [-0.05, 0) is 25.0 Å². The first-order valence-corrected chi connectivity index (χ1v) is 8.38. The van der Waals surface area contributed by atoms with E-state index >= 15 is 0 Å². The minimum absolute atomic E-state index is 0.0206. The molecule has 0 heterocycles. The third kappa shape index (κ3) is 3.07. The zero-order valence-electron chi connectivity index (χ0n) is 14.0. The van der Waals surface area contributed by atoms with Crippen LogP contribution in [-0.4, -0.2) is 11.7 Å². The Balaban J connectivity index is 2.14. The molecule has 3 rings (SSSR count). The molecule has 0 bridgehead atoms. The van der Waals surface area contributed by atoms with E-state index in [1.807, 2.05) is 0 Å². The van der Waals surface area contributed by atoms with Crippen molar-refractivity contribution < 1.29 is 31.5 Å². The van der Waals surface area contributed by atoms with Crippen LogP contribution in [0.4, 0.5) is 22.0 Å². The number of carbonyl (C=O) groups is 2. The Labute approximate surface area is 160 Å². The van der Waals surface area contributed by atoms with Crippen LogP contribution in [0.3, 0.4) is 0 Å². The smallest absolute Gasteiger partial charge is 0.258 e. The van der Waals surface area contributed by atoms with Gasteiger partial charge in [-0.25, -0.2) is 22.0 Å². The summed E-state index contributed by atoms with van der Waals surface area (Å²) in [5, 5.41) is 2.24. The lowest BCUT2D eigenvalue weighted by molar-refractivity contribution is -0.121. The highest BCUT2D eigenvalue weighted by atomic mass is 35.5. The van der Waals surface area contributed by atoms with E-state index in [1.165, 1.54) is 24.3 Å². The maximum atomic E-state index is 14.0. The van der Waals surface area contributed by atoms with Crippen LogP contribution < -0.4 is 5.32 Å². The molecule has 0 saturated heterocycles. The van der Waals surface area contributed by atoms with E-state index in [4.69, 9.17) is 11.6 Å². The largest absolute Gasteiger partial charge is 0.335 e. The zero-order valence-corrected chi connectivity index (χ0v) is 14.7. The molecule has 146 valence electrons. The molecule has 0 aromatic heterocycles. The Morgan fingerprint density at radius 3 is 2.11 bits per heavy atom. The number of hydrogen-bond donors (Lipinski definition) is 1. The van der Waals surface area contributed by atoms with Gasteiger partial charge >= 0.3 is 0 Å². The number of rotatable bonds is 3. The summed E-state index contributed by atoms with van der Waals surface area (Å²) in [5.41, 5.74) is -3.35. The van der Waals surface area contributed by atoms with Crippen molar-refractivity contribution in [3.8, 4) is 0 Å². The summed E-state index contributed by atoms with van der Waals surface area (Å²) in [6, 6.07) is 5.96. The lowest BCUT2D eigenvalue weighted by Gasteiger charge is -2.35. The van der Waals surface area contributed by atoms with Gasteiger partial charge in [-0.2, -0.15) is 0 Å². The summed E-state index contributed by atoms with van der Waals surface area (Å²) < 4.78 is 68.2. The van der Waals surface area contributed by atoms with Crippen molar-refractivity contribution in [2.75, 3.05) is 0 Å². The molecule has 2 aromatic rings. The molecule has 0 aliphatic heterocycles. The minimum atomic E-state index is -2.39. The first-order valence-electron chi connectivity index (χ1n) is 8.00. The zero-order chi connectivity index (χ0) is 20.6. The van der Waals surface area contributed by atoms with Gasteiger partial charge in [0.05, 0.1) is 0 Å². The number of benzene rings is 2. The van der Waals surface area contributed by atoms with Gasteiger partial charge < -0.3 is 5.32 Å². The maximum absolute atomic E-state index is 14.0. The van der Waals surface area contributed by atoms with Gasteiger partial charge in [-0.15, -0.1) is 0 Å². The Kier molecular flexibility index (Phi) is 5.25. The maximum Gasteiger partial charge on any atom is 0.258 e. The molecule has 28 heavy (non-hydrogen) atoms. The fraction of sp³-hybridized carbons (Fsp3) is 0.158. The topological polar surface area (TPSA) is 46.2 Å². The molecular weight excluding hydrogens is 405 g/mol. The molecule has 1 aliphatic carbocycles. The third-order valence-corrected chi connectivity index (χ3v) is 4.80. The van der Waals surface area contributed by atoms with Crippen LogP contribution in [0.5, 0.6) is 0 Å². The summed E-state index contributed by atoms with van der Waals surface area (Å²) >= 11 is 6.13. The van der Waals surface area contributed by atoms with Gasteiger partial charge in [0.15, 0.2) is 29.1 Å². The molecule has 2 aromatic carbocycles. The summed E-state index contributed by atoms with van der Waals surface area (Å²) in [7, 11) is 0. The average molecular weight is 416 g/mol. The molecule has 0 spiro atoms. The quantitative estimate of drug-likeness (QED) is 0.453. The van der Waals surface area contributed by atoms with E-state index in [9.17, 15) is 31.5 Å². The van der Waals surface area contributed by atoms with Crippen molar-refractivity contribution in [1.29, 1.82) is 0 Å². The van der Waals surface area contributed by atoms with Crippen LogP contribution in [0.2, 0.25) is 5.02 Å². The van der Waals surface area contributed by atoms with E-state index in [0.29, 0.717) is 6.42 Å². The van der Waals surface area contributed by atoms with Crippen LogP contribution in [-0.2, 0) is 10.3 Å². The Morgan fingerprint density at radius 1 is 0.964 bits per heavy atom. The Bertz CT molecular complexity index is 995. The number of nitrogens with one attached hydrogen (secondary N) is 1. The summed E-state index contributed by atoms with van der Waals surface area (Å²) in [6.07, 6.45) is 2.97. The molecule has 3 nitrogen and oxygen atoms in total. The molecule has 1 N–H and O–H groups in total. The normalized spacial score (nSPS) is 19.0. The minimum Gasteiger partial charge on any atom is -0.335 e. The van der Waals surface area contributed by atoms with Gasteiger partial charge in [0, 0.05) is 10.6 Å². The van der Waals surface area contributed by atoms with Crippen molar-refractivity contribution in [1.82, 2.24) is 5.32 Å². The number of carbonyl (C=O) groups excluding carboxylic acids is 2. The summed E-state index contributed by atoms with van der Waals surface area (Å²) in [5.74, 6) is -13.8. The van der Waals surface area contributed by atoms with Crippen LogP contribution in [0, 0.1) is 29.1 Å². The fourth-order valence-electron chi connectivity index (χ4n) is 3.08. The Morgan fingerprint density at radius 2 is 1.54 bits per heavy atom. The SMILES string of the molecule is O=C(NC1(c2ccccc2Cl)CCC=CC1=O)c1c(F)c(F)c(F)c(F)c1F. The van der Waals surface area contributed by atoms with E-state index < -0.39 is 51.9 Å². The van der Waals surface area contributed by atoms with E-state index in [-0.39, 0.29) is 17.0 Å². The molecule has 0 saturated carbocycles. The molecule has 0 radical (unpaired) electrons. The second-order valence-corrected chi connectivity index (χ2v) is 6.50. The highest BCUT2D eigenvalue weighted by molar-refractivity contribution is 6.32. The fourth-order valence-corrected chi connectivity index (χ4v) is 3.38. The van der Waals surface area contributed by atoms with Crippen molar-refractivity contribution in [2.45, 2.75) is 18.4 Å². The standard InChI is InChI=1S/C19H11ClF5NO2/c20-10-6-2-1-5-9(10)19(8-4-3-7-11(19)27)26-18(28)12-13(21)15(23)17(25)16(24)14(12)22/h1-3,5-7H,4,8H2,(H,26,28). The van der Waals surface area contributed by atoms with Crippen molar-refractivity contribution >= 4 is 23.3 Å². The number of amides is 1. The van der Waals surface area contributed by atoms with Gasteiger partial charge in [-0.1, -0.05) is 35.9 Å². The third-order valence-electron chi connectivity index (χ3n) is 4.47. The predicted molar refractivity (Wildman–Crippen MR) is 90.2 cm³/mol. The summed E-state index contributed by atoms with van der Waals surface area (Å²) in [6.45, 7) is 0. The monoisotopic (exact) mass is 415 g/mol. The molecule has 1 amide bonds. The van der Waals surface area contributed by atoms with Gasteiger partial charge in [-0.3, -0.25) is 9.59 Å². The molecular formula is C19H11ClF5NO2. The van der Waals surface area contributed by atoms with E-state index in [0.717, 1.165) is 6.08 Å². The predicted octanol–water partition coefficient (Wildman–Crippen LogP) is 4.58. The number of hydrogen-bond acceptors (Lipinski definition) is 2. The molecule has 0 fully saturated rings. The van der Waals surface area contributed by atoms with Crippen LogP contribution >= 0.6 is 11.6 Å².